The summed E-state index contributed by atoms with van der Waals surface area (Å²) in [5.74, 6) is -0.663. The van der Waals surface area contributed by atoms with Gasteiger partial charge in [0.1, 0.15) is 5.69 Å². The first-order valence-corrected chi connectivity index (χ1v) is 6.98. The van der Waals surface area contributed by atoms with E-state index in [4.69, 9.17) is 5.73 Å². The number of nitrogens with two attached hydrogens (primary N) is 1. The van der Waals surface area contributed by atoms with E-state index in [0.717, 1.165) is 12.8 Å². The van der Waals surface area contributed by atoms with Crippen molar-refractivity contribution in [3.05, 3.63) is 33.9 Å². The minimum Gasteiger partial charge on any atom is -0.393 e. The third-order valence-electron chi connectivity index (χ3n) is 3.80. The van der Waals surface area contributed by atoms with Gasteiger partial charge in [-0.05, 0) is 25.0 Å². The SMILES string of the molecule is CNC(=O)C1CCCN(C(=O)c2ccc(N)c([N+](=O)[O-])c2)C1. The van der Waals surface area contributed by atoms with Crippen molar-refractivity contribution in [3.63, 3.8) is 0 Å². The van der Waals surface area contributed by atoms with Crippen molar-refractivity contribution in [3.8, 4) is 0 Å². The molecule has 1 aromatic rings. The van der Waals surface area contributed by atoms with Crippen LogP contribution in [0.4, 0.5) is 11.4 Å². The average Bonchev–Trinajstić information content (AvgIpc) is 2.53. The lowest BCUT2D eigenvalue weighted by Crippen LogP contribution is -2.44. The Kier molecular flexibility index (Phi) is 4.59. The quantitative estimate of drug-likeness (QED) is 0.486. The van der Waals surface area contributed by atoms with Gasteiger partial charge in [0.25, 0.3) is 11.6 Å². The topological polar surface area (TPSA) is 119 Å². The van der Waals surface area contributed by atoms with Gasteiger partial charge in [-0.3, -0.25) is 19.7 Å². The van der Waals surface area contributed by atoms with Crippen LogP contribution in [-0.4, -0.2) is 41.8 Å². The van der Waals surface area contributed by atoms with Crippen LogP contribution >= 0.6 is 0 Å². The van der Waals surface area contributed by atoms with Crippen LogP contribution in [0, 0.1) is 16.0 Å². The van der Waals surface area contributed by atoms with Crippen molar-refractivity contribution < 1.29 is 14.5 Å². The second-order valence-corrected chi connectivity index (χ2v) is 5.24. The van der Waals surface area contributed by atoms with Crippen LogP contribution in [-0.2, 0) is 4.79 Å². The highest BCUT2D eigenvalue weighted by atomic mass is 16.6. The normalized spacial score (nSPS) is 17.9. The number of carbonyl (C=O) groups is 2. The molecule has 0 spiro atoms. The number of carbonyl (C=O) groups excluding carboxylic acids is 2. The van der Waals surface area contributed by atoms with Crippen LogP contribution in [0.1, 0.15) is 23.2 Å². The fraction of sp³-hybridized carbons (Fsp3) is 0.429. The molecule has 0 bridgehead atoms. The molecule has 1 aliphatic heterocycles. The average molecular weight is 306 g/mol. The summed E-state index contributed by atoms with van der Waals surface area (Å²) in [5, 5.41) is 13.5. The van der Waals surface area contributed by atoms with Gasteiger partial charge in [0.05, 0.1) is 10.8 Å². The molecule has 0 aromatic heterocycles. The number of rotatable bonds is 3. The molecule has 3 N–H and O–H groups in total. The number of nitrogen functional groups attached to an aromatic ring is 1. The molecule has 0 radical (unpaired) electrons. The van der Waals surface area contributed by atoms with Crippen LogP contribution in [0.5, 0.6) is 0 Å². The number of nitro benzene ring substituents is 1. The highest BCUT2D eigenvalue weighted by Gasteiger charge is 2.29. The number of likely N-dealkylation sites (tertiary alicyclic amines) is 1. The summed E-state index contributed by atoms with van der Waals surface area (Å²) >= 11 is 0. The van der Waals surface area contributed by atoms with E-state index in [1.165, 1.54) is 18.2 Å². The van der Waals surface area contributed by atoms with Gasteiger partial charge in [0, 0.05) is 31.8 Å². The molecule has 1 aliphatic rings. The summed E-state index contributed by atoms with van der Waals surface area (Å²) in [7, 11) is 1.56. The highest BCUT2D eigenvalue weighted by Crippen LogP contribution is 2.24. The van der Waals surface area contributed by atoms with E-state index in [-0.39, 0.29) is 34.7 Å². The molecule has 118 valence electrons. The van der Waals surface area contributed by atoms with Gasteiger partial charge in [-0.15, -0.1) is 0 Å². The maximum Gasteiger partial charge on any atom is 0.292 e. The molecule has 0 saturated carbocycles. The Morgan fingerprint density at radius 2 is 2.18 bits per heavy atom. The van der Waals surface area contributed by atoms with E-state index in [1.807, 2.05) is 0 Å². The Labute approximate surface area is 127 Å². The van der Waals surface area contributed by atoms with Crippen molar-refractivity contribution in [2.24, 2.45) is 5.92 Å². The van der Waals surface area contributed by atoms with Crippen molar-refractivity contribution >= 4 is 23.2 Å². The smallest absolute Gasteiger partial charge is 0.292 e. The summed E-state index contributed by atoms with van der Waals surface area (Å²) in [4.78, 5) is 36.0. The predicted octanol–water partition coefficient (Wildman–Crippen LogP) is 0.775. The maximum atomic E-state index is 12.5. The summed E-state index contributed by atoms with van der Waals surface area (Å²) in [6.07, 6.45) is 1.45. The van der Waals surface area contributed by atoms with Crippen molar-refractivity contribution in [1.29, 1.82) is 0 Å². The van der Waals surface area contributed by atoms with Gasteiger partial charge in [-0.1, -0.05) is 0 Å². The zero-order valence-electron chi connectivity index (χ0n) is 12.2. The predicted molar refractivity (Wildman–Crippen MR) is 80.2 cm³/mol. The fourth-order valence-electron chi connectivity index (χ4n) is 2.60. The number of amides is 2. The largest absolute Gasteiger partial charge is 0.393 e. The standard InChI is InChI=1S/C14H18N4O4/c1-16-13(19)10-3-2-6-17(8-10)14(20)9-4-5-11(15)12(7-9)18(21)22/h4-5,7,10H,2-3,6,8,15H2,1H3,(H,16,19). The van der Waals surface area contributed by atoms with Gasteiger partial charge in [-0.25, -0.2) is 0 Å². The Balaban J connectivity index is 2.19. The second-order valence-electron chi connectivity index (χ2n) is 5.24. The number of nitrogens with zero attached hydrogens (tertiary/aromatic N) is 2. The zero-order chi connectivity index (χ0) is 16.3. The molecule has 1 saturated heterocycles. The second kappa shape index (κ2) is 6.42. The number of hydrogen-bond donors (Lipinski definition) is 2. The lowest BCUT2D eigenvalue weighted by atomic mass is 9.96. The van der Waals surface area contributed by atoms with E-state index in [9.17, 15) is 19.7 Å². The third-order valence-corrected chi connectivity index (χ3v) is 3.80. The number of nitro groups is 1. The molecule has 1 fully saturated rings. The van der Waals surface area contributed by atoms with Gasteiger partial charge in [-0.2, -0.15) is 0 Å². The molecule has 22 heavy (non-hydrogen) atoms. The van der Waals surface area contributed by atoms with Crippen LogP contribution in [0.3, 0.4) is 0 Å². The molecule has 1 unspecified atom stereocenters. The summed E-state index contributed by atoms with van der Waals surface area (Å²) in [6.45, 7) is 0.848. The monoisotopic (exact) mass is 306 g/mol. The molecule has 0 aliphatic carbocycles. The first kappa shape index (κ1) is 15.7. The molecule has 1 atom stereocenters. The summed E-state index contributed by atoms with van der Waals surface area (Å²) in [5.41, 5.74) is 5.47. The molecular formula is C14H18N4O4. The van der Waals surface area contributed by atoms with Crippen molar-refractivity contribution in [2.75, 3.05) is 25.9 Å². The molecule has 8 nitrogen and oxygen atoms in total. The van der Waals surface area contributed by atoms with E-state index >= 15 is 0 Å². The summed E-state index contributed by atoms with van der Waals surface area (Å²) < 4.78 is 0. The maximum absolute atomic E-state index is 12.5. The van der Waals surface area contributed by atoms with Gasteiger partial charge >= 0.3 is 0 Å². The molecule has 2 rings (SSSR count). The van der Waals surface area contributed by atoms with E-state index < -0.39 is 4.92 Å². The highest BCUT2D eigenvalue weighted by molar-refractivity contribution is 5.96. The first-order valence-electron chi connectivity index (χ1n) is 6.98. The molecule has 8 heteroatoms. The molecule has 1 heterocycles. The Hall–Kier alpha value is -2.64. The Morgan fingerprint density at radius 3 is 2.82 bits per heavy atom. The number of anilines is 1. The minimum atomic E-state index is -0.615. The van der Waals surface area contributed by atoms with Gasteiger partial charge in [0.2, 0.25) is 5.91 Å². The number of benzene rings is 1. The van der Waals surface area contributed by atoms with Crippen LogP contribution < -0.4 is 11.1 Å². The minimum absolute atomic E-state index is 0.0171. The van der Waals surface area contributed by atoms with Crippen LogP contribution in [0.15, 0.2) is 18.2 Å². The van der Waals surface area contributed by atoms with E-state index in [0.29, 0.717) is 13.1 Å². The number of nitrogens with one attached hydrogen (secondary N) is 1. The fourth-order valence-corrected chi connectivity index (χ4v) is 2.60. The van der Waals surface area contributed by atoms with Crippen molar-refractivity contribution in [1.82, 2.24) is 10.2 Å². The number of piperidine rings is 1. The Morgan fingerprint density at radius 1 is 1.45 bits per heavy atom. The summed E-state index contributed by atoms with van der Waals surface area (Å²) in [6, 6.07) is 4.00. The van der Waals surface area contributed by atoms with Crippen molar-refractivity contribution in [2.45, 2.75) is 12.8 Å². The van der Waals surface area contributed by atoms with Gasteiger partial charge in [0.15, 0.2) is 0 Å². The lowest BCUT2D eigenvalue weighted by Gasteiger charge is -2.31. The first-order chi connectivity index (χ1) is 10.4. The number of hydrogen-bond acceptors (Lipinski definition) is 5. The Bertz CT molecular complexity index is 617. The van der Waals surface area contributed by atoms with Gasteiger partial charge < -0.3 is 16.0 Å². The zero-order valence-corrected chi connectivity index (χ0v) is 12.2. The van der Waals surface area contributed by atoms with E-state index in [2.05, 4.69) is 5.32 Å². The molecule has 2 amide bonds. The van der Waals surface area contributed by atoms with Crippen LogP contribution in [0.25, 0.3) is 0 Å². The van der Waals surface area contributed by atoms with Crippen LogP contribution in [0.2, 0.25) is 0 Å². The lowest BCUT2D eigenvalue weighted by molar-refractivity contribution is -0.383. The third kappa shape index (κ3) is 3.16. The molecular weight excluding hydrogens is 288 g/mol. The van der Waals surface area contributed by atoms with E-state index in [1.54, 1.807) is 11.9 Å². The molecule has 1 aromatic carbocycles.